The Morgan fingerprint density at radius 2 is 2.11 bits per heavy atom. The third kappa shape index (κ3) is 2.39. The molecule has 5 heteroatoms. The number of aromatic nitrogens is 2. The van der Waals surface area contributed by atoms with Crippen molar-refractivity contribution in [2.24, 2.45) is 12.8 Å². The zero-order valence-electron chi connectivity index (χ0n) is 12.3. The van der Waals surface area contributed by atoms with E-state index in [1.807, 2.05) is 37.4 Å². The Balaban J connectivity index is 2.50. The highest BCUT2D eigenvalue weighted by atomic mass is 16.2. The molecule has 2 heterocycles. The first-order valence-corrected chi connectivity index (χ1v) is 7.02. The largest absolute Gasteiger partial charge is 0.334 e. The molecule has 106 valence electrons. The van der Waals surface area contributed by atoms with Crippen LogP contribution in [0.25, 0.3) is 0 Å². The lowest BCUT2D eigenvalue weighted by atomic mass is 9.94. The van der Waals surface area contributed by atoms with E-state index in [4.69, 9.17) is 5.73 Å². The molecule has 2 rings (SSSR count). The van der Waals surface area contributed by atoms with Crippen LogP contribution in [0.2, 0.25) is 0 Å². The SMILES string of the molecule is CCN1C(=O)CCCC(N)C1c1c(C)nn(C)c1C. The summed E-state index contributed by atoms with van der Waals surface area (Å²) in [7, 11) is 1.94. The molecule has 0 bridgehead atoms. The van der Waals surface area contributed by atoms with Crippen LogP contribution in [0.5, 0.6) is 0 Å². The molecule has 0 aromatic carbocycles. The fraction of sp³-hybridized carbons (Fsp3) is 0.714. The topological polar surface area (TPSA) is 64.2 Å². The number of likely N-dealkylation sites (N-methyl/N-ethyl adjacent to an activating group) is 1. The first-order valence-electron chi connectivity index (χ1n) is 7.02. The summed E-state index contributed by atoms with van der Waals surface area (Å²) in [4.78, 5) is 14.2. The molecule has 1 aliphatic heterocycles. The smallest absolute Gasteiger partial charge is 0.223 e. The number of hydrogen-bond acceptors (Lipinski definition) is 3. The van der Waals surface area contributed by atoms with Crippen LogP contribution in [0.4, 0.5) is 0 Å². The molecule has 2 N–H and O–H groups in total. The maximum atomic E-state index is 12.2. The fourth-order valence-corrected chi connectivity index (χ4v) is 3.14. The molecule has 2 unspecified atom stereocenters. The average Bonchev–Trinajstić information content (AvgIpc) is 2.52. The third-order valence-electron chi connectivity index (χ3n) is 4.19. The van der Waals surface area contributed by atoms with Crippen molar-refractivity contribution in [2.75, 3.05) is 6.54 Å². The predicted octanol–water partition coefficient (Wildman–Crippen LogP) is 1.44. The molecule has 0 aliphatic carbocycles. The van der Waals surface area contributed by atoms with Gasteiger partial charge in [-0.05, 0) is 33.6 Å². The lowest BCUT2D eigenvalue weighted by molar-refractivity contribution is -0.133. The monoisotopic (exact) mass is 264 g/mol. The second-order valence-electron chi connectivity index (χ2n) is 5.39. The highest BCUT2D eigenvalue weighted by molar-refractivity contribution is 5.77. The van der Waals surface area contributed by atoms with Gasteiger partial charge in [0.2, 0.25) is 5.91 Å². The number of nitrogens with zero attached hydrogens (tertiary/aromatic N) is 3. The molecule has 1 saturated heterocycles. The number of amides is 1. The van der Waals surface area contributed by atoms with Crippen molar-refractivity contribution >= 4 is 5.91 Å². The second-order valence-corrected chi connectivity index (χ2v) is 5.39. The van der Waals surface area contributed by atoms with E-state index in [2.05, 4.69) is 5.10 Å². The molecule has 1 aromatic heterocycles. The maximum absolute atomic E-state index is 12.2. The Bertz CT molecular complexity index is 480. The summed E-state index contributed by atoms with van der Waals surface area (Å²) in [6.07, 6.45) is 2.38. The van der Waals surface area contributed by atoms with E-state index in [-0.39, 0.29) is 18.0 Å². The standard InChI is InChI=1S/C14H24N4O/c1-5-18-12(19)8-6-7-11(15)14(18)13-9(2)16-17(4)10(13)3/h11,14H,5-8,15H2,1-4H3. The zero-order valence-corrected chi connectivity index (χ0v) is 12.3. The van der Waals surface area contributed by atoms with Crippen molar-refractivity contribution in [3.63, 3.8) is 0 Å². The first-order chi connectivity index (χ1) is 8.97. The molecule has 1 fully saturated rings. The minimum atomic E-state index is -0.0336. The van der Waals surface area contributed by atoms with Crippen molar-refractivity contribution < 1.29 is 4.79 Å². The number of carbonyl (C=O) groups is 1. The number of likely N-dealkylation sites (tertiary alicyclic amines) is 1. The Morgan fingerprint density at radius 1 is 1.42 bits per heavy atom. The molecular formula is C14H24N4O. The molecule has 0 spiro atoms. The van der Waals surface area contributed by atoms with Crippen LogP contribution >= 0.6 is 0 Å². The first kappa shape index (κ1) is 14.1. The highest BCUT2D eigenvalue weighted by Gasteiger charge is 2.35. The van der Waals surface area contributed by atoms with Gasteiger partial charge in [-0.3, -0.25) is 9.48 Å². The van der Waals surface area contributed by atoms with Crippen LogP contribution in [-0.2, 0) is 11.8 Å². The van der Waals surface area contributed by atoms with Crippen molar-refractivity contribution in [3.05, 3.63) is 17.0 Å². The minimum absolute atomic E-state index is 0.00648. The minimum Gasteiger partial charge on any atom is -0.334 e. The zero-order chi connectivity index (χ0) is 14.2. The summed E-state index contributed by atoms with van der Waals surface area (Å²) in [5, 5.41) is 4.47. The quantitative estimate of drug-likeness (QED) is 0.879. The molecule has 19 heavy (non-hydrogen) atoms. The molecule has 5 nitrogen and oxygen atoms in total. The van der Waals surface area contributed by atoms with Crippen LogP contribution in [0, 0.1) is 13.8 Å². The van der Waals surface area contributed by atoms with Gasteiger partial charge in [-0.15, -0.1) is 0 Å². The molecule has 2 atom stereocenters. The lowest BCUT2D eigenvalue weighted by Gasteiger charge is -2.33. The van der Waals surface area contributed by atoms with E-state index >= 15 is 0 Å². The maximum Gasteiger partial charge on any atom is 0.223 e. The van der Waals surface area contributed by atoms with Gasteiger partial charge in [0.05, 0.1) is 11.7 Å². The van der Waals surface area contributed by atoms with E-state index in [9.17, 15) is 4.79 Å². The molecule has 1 aliphatic rings. The van der Waals surface area contributed by atoms with Gasteiger partial charge in [0, 0.05) is 37.3 Å². The summed E-state index contributed by atoms with van der Waals surface area (Å²) in [6.45, 7) is 6.76. The fourth-order valence-electron chi connectivity index (χ4n) is 3.14. The lowest BCUT2D eigenvalue weighted by Crippen LogP contribution is -2.42. The van der Waals surface area contributed by atoms with Gasteiger partial charge >= 0.3 is 0 Å². The highest BCUT2D eigenvalue weighted by Crippen LogP contribution is 2.33. The van der Waals surface area contributed by atoms with Gasteiger partial charge < -0.3 is 10.6 Å². The van der Waals surface area contributed by atoms with Crippen molar-refractivity contribution in [1.29, 1.82) is 0 Å². The van der Waals surface area contributed by atoms with Gasteiger partial charge in [0.1, 0.15) is 0 Å². The molecule has 1 amide bonds. The van der Waals surface area contributed by atoms with Crippen molar-refractivity contribution in [3.8, 4) is 0 Å². The summed E-state index contributed by atoms with van der Waals surface area (Å²) < 4.78 is 1.88. The van der Waals surface area contributed by atoms with Gasteiger partial charge in [-0.1, -0.05) is 0 Å². The van der Waals surface area contributed by atoms with Gasteiger partial charge in [0.15, 0.2) is 0 Å². The van der Waals surface area contributed by atoms with E-state index in [1.54, 1.807) is 0 Å². The number of nitrogens with two attached hydrogens (primary N) is 1. The van der Waals surface area contributed by atoms with E-state index in [0.29, 0.717) is 13.0 Å². The molecule has 0 radical (unpaired) electrons. The van der Waals surface area contributed by atoms with Crippen LogP contribution in [0.1, 0.15) is 49.2 Å². The van der Waals surface area contributed by atoms with Crippen molar-refractivity contribution in [2.45, 2.75) is 52.1 Å². The third-order valence-corrected chi connectivity index (χ3v) is 4.19. The van der Waals surface area contributed by atoms with E-state index in [1.165, 1.54) is 0 Å². The summed E-state index contributed by atoms with van der Waals surface area (Å²) >= 11 is 0. The Morgan fingerprint density at radius 3 is 2.63 bits per heavy atom. The van der Waals surface area contributed by atoms with Crippen LogP contribution in [0.3, 0.4) is 0 Å². The normalized spacial score (nSPS) is 24.7. The molecular weight excluding hydrogens is 240 g/mol. The average molecular weight is 264 g/mol. The second kappa shape index (κ2) is 5.33. The Labute approximate surface area is 114 Å². The van der Waals surface area contributed by atoms with Crippen LogP contribution < -0.4 is 5.73 Å². The summed E-state index contributed by atoms with van der Waals surface area (Å²) in [6, 6.07) is -0.0401. The Hall–Kier alpha value is -1.36. The summed E-state index contributed by atoms with van der Waals surface area (Å²) in [5.41, 5.74) is 9.57. The van der Waals surface area contributed by atoms with E-state index < -0.39 is 0 Å². The molecule has 0 saturated carbocycles. The number of carbonyl (C=O) groups excluding carboxylic acids is 1. The van der Waals surface area contributed by atoms with E-state index in [0.717, 1.165) is 29.8 Å². The number of rotatable bonds is 2. The summed E-state index contributed by atoms with van der Waals surface area (Å²) in [5.74, 6) is 0.211. The van der Waals surface area contributed by atoms with Gasteiger partial charge in [-0.2, -0.15) is 5.10 Å². The van der Waals surface area contributed by atoms with Crippen molar-refractivity contribution in [1.82, 2.24) is 14.7 Å². The number of aryl methyl sites for hydroxylation is 2. The van der Waals surface area contributed by atoms with Crippen LogP contribution in [-0.4, -0.2) is 33.2 Å². The van der Waals surface area contributed by atoms with Gasteiger partial charge in [-0.25, -0.2) is 0 Å². The van der Waals surface area contributed by atoms with Gasteiger partial charge in [0.25, 0.3) is 0 Å². The predicted molar refractivity (Wildman–Crippen MR) is 74.6 cm³/mol. The number of hydrogen-bond donors (Lipinski definition) is 1. The molecule has 1 aromatic rings. The van der Waals surface area contributed by atoms with Crippen LogP contribution in [0.15, 0.2) is 0 Å². The Kier molecular flexibility index (Phi) is 3.94.